The van der Waals surface area contributed by atoms with Gasteiger partial charge >= 0.3 is 0 Å². The summed E-state index contributed by atoms with van der Waals surface area (Å²) in [4.78, 5) is 11.8. The molecular formula is C16H25NO3. The highest BCUT2D eigenvalue weighted by molar-refractivity contribution is 5.78. The van der Waals surface area contributed by atoms with Crippen molar-refractivity contribution in [3.8, 4) is 5.75 Å². The number of nitrogens with one attached hydrogen (secondary N) is 1. The SMILES string of the molecule is CC(C)c1cccc(OCC(=O)NC(C)(C)CCO)c1. The molecule has 0 heterocycles. The maximum atomic E-state index is 11.8. The minimum atomic E-state index is -0.422. The van der Waals surface area contributed by atoms with Crippen molar-refractivity contribution in [2.45, 2.75) is 45.6 Å². The smallest absolute Gasteiger partial charge is 0.258 e. The molecule has 112 valence electrons. The molecule has 0 aliphatic carbocycles. The molecule has 0 aliphatic heterocycles. The lowest BCUT2D eigenvalue weighted by molar-refractivity contribution is -0.124. The fraction of sp³-hybridized carbons (Fsp3) is 0.562. The first kappa shape index (κ1) is 16.5. The van der Waals surface area contributed by atoms with E-state index in [1.54, 1.807) is 0 Å². The Bertz CT molecular complexity index is 441. The van der Waals surface area contributed by atoms with Crippen LogP contribution in [0.1, 0.15) is 45.6 Å². The first-order chi connectivity index (χ1) is 9.34. The summed E-state index contributed by atoms with van der Waals surface area (Å²) in [6, 6.07) is 7.77. The van der Waals surface area contributed by atoms with Gasteiger partial charge in [0.1, 0.15) is 5.75 Å². The molecule has 0 bridgehead atoms. The number of hydrogen-bond donors (Lipinski definition) is 2. The topological polar surface area (TPSA) is 58.6 Å². The fourth-order valence-electron chi connectivity index (χ4n) is 1.87. The molecule has 0 radical (unpaired) electrons. The van der Waals surface area contributed by atoms with Crippen LogP contribution in [0, 0.1) is 0 Å². The molecule has 4 nitrogen and oxygen atoms in total. The molecule has 1 rings (SSSR count). The molecule has 0 saturated carbocycles. The lowest BCUT2D eigenvalue weighted by Gasteiger charge is -2.25. The summed E-state index contributed by atoms with van der Waals surface area (Å²) in [7, 11) is 0. The van der Waals surface area contributed by atoms with Crippen molar-refractivity contribution in [1.29, 1.82) is 0 Å². The summed E-state index contributed by atoms with van der Waals surface area (Å²) < 4.78 is 5.51. The monoisotopic (exact) mass is 279 g/mol. The van der Waals surface area contributed by atoms with Gasteiger partial charge in [0.15, 0.2) is 6.61 Å². The number of aliphatic hydroxyl groups is 1. The molecule has 1 aromatic rings. The van der Waals surface area contributed by atoms with Gasteiger partial charge in [-0.1, -0.05) is 26.0 Å². The van der Waals surface area contributed by atoms with Crippen LogP contribution in [0.5, 0.6) is 5.75 Å². The highest BCUT2D eigenvalue weighted by Gasteiger charge is 2.19. The molecule has 1 amide bonds. The second-order valence-electron chi connectivity index (χ2n) is 5.92. The average Bonchev–Trinajstić information content (AvgIpc) is 2.36. The molecule has 0 aliphatic rings. The van der Waals surface area contributed by atoms with Crippen molar-refractivity contribution in [1.82, 2.24) is 5.32 Å². The van der Waals surface area contributed by atoms with Gasteiger partial charge in [0.05, 0.1) is 0 Å². The molecule has 0 spiro atoms. The largest absolute Gasteiger partial charge is 0.484 e. The van der Waals surface area contributed by atoms with Crippen LogP contribution in [0.2, 0.25) is 0 Å². The van der Waals surface area contributed by atoms with Crippen molar-refractivity contribution in [2.75, 3.05) is 13.2 Å². The van der Waals surface area contributed by atoms with Crippen molar-refractivity contribution in [3.05, 3.63) is 29.8 Å². The summed E-state index contributed by atoms with van der Waals surface area (Å²) in [5, 5.41) is 11.8. The van der Waals surface area contributed by atoms with E-state index < -0.39 is 5.54 Å². The lowest BCUT2D eigenvalue weighted by atomic mass is 10.0. The minimum absolute atomic E-state index is 0.0175. The van der Waals surface area contributed by atoms with Crippen molar-refractivity contribution < 1.29 is 14.6 Å². The van der Waals surface area contributed by atoms with Gasteiger partial charge < -0.3 is 15.2 Å². The van der Waals surface area contributed by atoms with Crippen LogP contribution in [0.3, 0.4) is 0 Å². The third-order valence-corrected chi connectivity index (χ3v) is 3.11. The Hall–Kier alpha value is -1.55. The zero-order chi connectivity index (χ0) is 15.2. The number of rotatable bonds is 7. The van der Waals surface area contributed by atoms with E-state index in [2.05, 4.69) is 19.2 Å². The predicted molar refractivity (Wildman–Crippen MR) is 80.0 cm³/mol. The Morgan fingerprint density at radius 1 is 1.40 bits per heavy atom. The first-order valence-electron chi connectivity index (χ1n) is 6.99. The van der Waals surface area contributed by atoms with Crippen molar-refractivity contribution in [2.24, 2.45) is 0 Å². The molecule has 2 N–H and O–H groups in total. The highest BCUT2D eigenvalue weighted by Crippen LogP contribution is 2.20. The van der Waals surface area contributed by atoms with E-state index in [1.807, 2.05) is 38.1 Å². The van der Waals surface area contributed by atoms with Gasteiger partial charge in [-0.2, -0.15) is 0 Å². The maximum Gasteiger partial charge on any atom is 0.258 e. The number of hydrogen-bond acceptors (Lipinski definition) is 3. The van der Waals surface area contributed by atoms with E-state index in [0.717, 1.165) is 0 Å². The summed E-state index contributed by atoms with van der Waals surface area (Å²) >= 11 is 0. The van der Waals surface area contributed by atoms with E-state index in [0.29, 0.717) is 18.1 Å². The molecule has 0 atom stereocenters. The second-order valence-corrected chi connectivity index (χ2v) is 5.92. The molecule has 20 heavy (non-hydrogen) atoms. The van der Waals surface area contributed by atoms with Crippen LogP contribution in [0.25, 0.3) is 0 Å². The van der Waals surface area contributed by atoms with Crippen LogP contribution in [0.4, 0.5) is 0 Å². The average molecular weight is 279 g/mol. The molecule has 0 unspecified atom stereocenters. The summed E-state index contributed by atoms with van der Waals surface area (Å²) in [6.45, 7) is 8.01. The van der Waals surface area contributed by atoms with Gasteiger partial charge in [0.2, 0.25) is 0 Å². The molecule has 0 aromatic heterocycles. The quantitative estimate of drug-likeness (QED) is 0.806. The molecule has 4 heteroatoms. The zero-order valence-corrected chi connectivity index (χ0v) is 12.8. The predicted octanol–water partition coefficient (Wildman–Crippen LogP) is 2.47. The van der Waals surface area contributed by atoms with Gasteiger partial charge in [-0.25, -0.2) is 0 Å². The Kier molecular flexibility index (Phi) is 6.02. The van der Waals surface area contributed by atoms with Gasteiger partial charge in [-0.05, 0) is 43.9 Å². The van der Waals surface area contributed by atoms with E-state index in [-0.39, 0.29) is 19.1 Å². The second kappa shape index (κ2) is 7.29. The molecule has 1 aromatic carbocycles. The highest BCUT2D eigenvalue weighted by atomic mass is 16.5. The number of amides is 1. The maximum absolute atomic E-state index is 11.8. The van der Waals surface area contributed by atoms with Crippen molar-refractivity contribution in [3.63, 3.8) is 0 Å². The van der Waals surface area contributed by atoms with E-state index in [1.165, 1.54) is 5.56 Å². The standard InChI is InChI=1S/C16H25NO3/c1-12(2)13-6-5-7-14(10-13)20-11-15(19)17-16(3,4)8-9-18/h5-7,10,12,18H,8-9,11H2,1-4H3,(H,17,19). The fourth-order valence-corrected chi connectivity index (χ4v) is 1.87. The molecular weight excluding hydrogens is 254 g/mol. The molecule has 0 saturated heterocycles. The van der Waals surface area contributed by atoms with Crippen LogP contribution in [-0.2, 0) is 4.79 Å². The number of benzene rings is 1. The third kappa shape index (κ3) is 5.61. The Morgan fingerprint density at radius 2 is 2.10 bits per heavy atom. The zero-order valence-electron chi connectivity index (χ0n) is 12.8. The van der Waals surface area contributed by atoms with Gasteiger partial charge in [0, 0.05) is 12.1 Å². The first-order valence-corrected chi connectivity index (χ1v) is 6.99. The van der Waals surface area contributed by atoms with Gasteiger partial charge in [0.25, 0.3) is 5.91 Å². The van der Waals surface area contributed by atoms with Crippen LogP contribution < -0.4 is 10.1 Å². The molecule has 0 fully saturated rings. The van der Waals surface area contributed by atoms with Gasteiger partial charge in [-0.3, -0.25) is 4.79 Å². The Labute approximate surface area is 121 Å². The Morgan fingerprint density at radius 3 is 2.70 bits per heavy atom. The van der Waals surface area contributed by atoms with Crippen LogP contribution >= 0.6 is 0 Å². The van der Waals surface area contributed by atoms with E-state index in [9.17, 15) is 4.79 Å². The van der Waals surface area contributed by atoms with E-state index in [4.69, 9.17) is 9.84 Å². The van der Waals surface area contributed by atoms with Crippen molar-refractivity contribution >= 4 is 5.91 Å². The number of aliphatic hydroxyl groups excluding tert-OH is 1. The lowest BCUT2D eigenvalue weighted by Crippen LogP contribution is -2.46. The minimum Gasteiger partial charge on any atom is -0.484 e. The summed E-state index contributed by atoms with van der Waals surface area (Å²) in [6.07, 6.45) is 0.515. The van der Waals surface area contributed by atoms with Crippen LogP contribution in [0.15, 0.2) is 24.3 Å². The van der Waals surface area contributed by atoms with E-state index >= 15 is 0 Å². The Balaban J connectivity index is 2.51. The third-order valence-electron chi connectivity index (χ3n) is 3.11. The van der Waals surface area contributed by atoms with Gasteiger partial charge in [-0.15, -0.1) is 0 Å². The number of carbonyl (C=O) groups excluding carboxylic acids is 1. The normalized spacial score (nSPS) is 11.5. The summed E-state index contributed by atoms with van der Waals surface area (Å²) in [5.41, 5.74) is 0.762. The van der Waals surface area contributed by atoms with Crippen LogP contribution in [-0.4, -0.2) is 29.8 Å². The number of ether oxygens (including phenoxy) is 1. The summed E-state index contributed by atoms with van der Waals surface area (Å²) in [5.74, 6) is 0.945. The number of carbonyl (C=O) groups is 1.